The summed E-state index contributed by atoms with van der Waals surface area (Å²) >= 11 is 1.59. The summed E-state index contributed by atoms with van der Waals surface area (Å²) in [6, 6.07) is 4.78. The summed E-state index contributed by atoms with van der Waals surface area (Å²) in [5.74, 6) is 1.25. The van der Waals surface area contributed by atoms with Crippen LogP contribution in [0.1, 0.15) is 23.8 Å². The first-order valence-electron chi connectivity index (χ1n) is 7.44. The van der Waals surface area contributed by atoms with E-state index >= 15 is 0 Å². The van der Waals surface area contributed by atoms with Crippen molar-refractivity contribution >= 4 is 21.4 Å². The highest BCUT2D eigenvalue weighted by Gasteiger charge is 2.32. The predicted octanol–water partition coefficient (Wildman–Crippen LogP) is 2.44. The van der Waals surface area contributed by atoms with Crippen LogP contribution in [0.3, 0.4) is 0 Å². The largest absolute Gasteiger partial charge is 0.454 e. The molecule has 1 aromatic carbocycles. The summed E-state index contributed by atoms with van der Waals surface area (Å²) < 4.78 is 37.9. The second-order valence-electron chi connectivity index (χ2n) is 5.59. The Morgan fingerprint density at radius 2 is 2.13 bits per heavy atom. The number of piperidine rings is 1. The lowest BCUT2D eigenvalue weighted by atomic mass is 10.0. The molecule has 1 aromatic heterocycles. The Morgan fingerprint density at radius 3 is 2.96 bits per heavy atom. The van der Waals surface area contributed by atoms with Crippen molar-refractivity contribution in [1.29, 1.82) is 0 Å². The molecule has 0 radical (unpaired) electrons. The molecule has 2 aliphatic rings. The van der Waals surface area contributed by atoms with Crippen molar-refractivity contribution in [2.24, 2.45) is 0 Å². The van der Waals surface area contributed by atoms with Crippen molar-refractivity contribution < 1.29 is 17.9 Å². The van der Waals surface area contributed by atoms with Gasteiger partial charge in [0.25, 0.3) is 0 Å². The van der Waals surface area contributed by atoms with Gasteiger partial charge in [0.15, 0.2) is 11.5 Å². The molecule has 0 N–H and O–H groups in total. The van der Waals surface area contributed by atoms with Crippen LogP contribution in [0.25, 0.3) is 0 Å². The Morgan fingerprint density at radius 1 is 1.26 bits per heavy atom. The smallest absolute Gasteiger partial charge is 0.243 e. The average molecular weight is 352 g/mol. The van der Waals surface area contributed by atoms with Gasteiger partial charge in [0.05, 0.1) is 9.90 Å². The van der Waals surface area contributed by atoms with Crippen molar-refractivity contribution in [1.82, 2.24) is 9.29 Å². The molecule has 2 aliphatic heterocycles. The van der Waals surface area contributed by atoms with Gasteiger partial charge in [0.1, 0.15) is 0 Å². The van der Waals surface area contributed by atoms with Crippen LogP contribution in [-0.2, 0) is 10.0 Å². The molecular formula is C15H16N2O4S2. The fourth-order valence-corrected chi connectivity index (χ4v) is 5.29. The Kier molecular flexibility index (Phi) is 3.74. The lowest BCUT2D eigenvalue weighted by Gasteiger charge is -2.31. The number of fused-ring (bicyclic) bond motifs is 1. The molecule has 8 heteroatoms. The normalized spacial score (nSPS) is 21.5. The summed E-state index contributed by atoms with van der Waals surface area (Å²) in [5, 5.41) is 2.94. The number of nitrogens with zero attached hydrogens (tertiary/aromatic N) is 2. The lowest BCUT2D eigenvalue weighted by molar-refractivity contribution is 0.174. The minimum absolute atomic E-state index is 0.134. The summed E-state index contributed by atoms with van der Waals surface area (Å²) in [5.41, 5.74) is 0. The first-order valence-corrected chi connectivity index (χ1v) is 9.76. The molecule has 1 fully saturated rings. The number of aromatic nitrogens is 1. The van der Waals surface area contributed by atoms with Gasteiger partial charge in [-0.1, -0.05) is 0 Å². The van der Waals surface area contributed by atoms with E-state index in [4.69, 9.17) is 9.47 Å². The van der Waals surface area contributed by atoms with Crippen LogP contribution in [0.15, 0.2) is 34.7 Å². The summed E-state index contributed by atoms with van der Waals surface area (Å²) in [6.07, 6.45) is 3.58. The average Bonchev–Trinajstić information content (AvgIpc) is 3.25. The molecule has 4 rings (SSSR count). The van der Waals surface area contributed by atoms with Gasteiger partial charge in [0.2, 0.25) is 16.8 Å². The lowest BCUT2D eigenvalue weighted by Crippen LogP contribution is -2.39. The third-order valence-electron chi connectivity index (χ3n) is 4.17. The zero-order chi connectivity index (χ0) is 15.9. The summed E-state index contributed by atoms with van der Waals surface area (Å²) in [4.78, 5) is 4.59. The predicted molar refractivity (Wildman–Crippen MR) is 85.4 cm³/mol. The highest BCUT2D eigenvalue weighted by molar-refractivity contribution is 7.89. The minimum Gasteiger partial charge on any atom is -0.454 e. The van der Waals surface area contributed by atoms with E-state index in [9.17, 15) is 8.42 Å². The molecule has 3 heterocycles. The van der Waals surface area contributed by atoms with Gasteiger partial charge in [-0.15, -0.1) is 11.3 Å². The van der Waals surface area contributed by atoms with Crippen LogP contribution in [0.5, 0.6) is 11.5 Å². The second kappa shape index (κ2) is 5.77. The third-order valence-corrected chi connectivity index (χ3v) is 6.97. The van der Waals surface area contributed by atoms with Crippen LogP contribution in [-0.4, -0.2) is 37.6 Å². The monoisotopic (exact) mass is 352 g/mol. The number of ether oxygens (including phenoxy) is 2. The quantitative estimate of drug-likeness (QED) is 0.849. The number of thiazole rings is 1. The number of sulfonamides is 1. The van der Waals surface area contributed by atoms with E-state index in [1.165, 1.54) is 0 Å². The molecule has 23 heavy (non-hydrogen) atoms. The van der Waals surface area contributed by atoms with Crippen molar-refractivity contribution in [3.63, 3.8) is 0 Å². The minimum atomic E-state index is -3.53. The molecule has 2 aromatic rings. The van der Waals surface area contributed by atoms with Crippen LogP contribution < -0.4 is 9.47 Å². The summed E-state index contributed by atoms with van der Waals surface area (Å²) in [7, 11) is -3.53. The number of hydrogen-bond acceptors (Lipinski definition) is 6. The van der Waals surface area contributed by atoms with Gasteiger partial charge < -0.3 is 9.47 Å². The van der Waals surface area contributed by atoms with Crippen molar-refractivity contribution in [2.45, 2.75) is 23.7 Å². The zero-order valence-electron chi connectivity index (χ0n) is 12.3. The Hall–Kier alpha value is -1.64. The molecule has 0 amide bonds. The van der Waals surface area contributed by atoms with E-state index in [-0.39, 0.29) is 17.6 Å². The fourth-order valence-electron chi connectivity index (χ4n) is 2.98. The first kappa shape index (κ1) is 14.9. The number of hydrogen-bond donors (Lipinski definition) is 0. The van der Waals surface area contributed by atoms with Crippen LogP contribution >= 0.6 is 11.3 Å². The van der Waals surface area contributed by atoms with E-state index in [0.717, 1.165) is 17.8 Å². The Labute approximate surface area is 138 Å². The van der Waals surface area contributed by atoms with Gasteiger partial charge in [0, 0.05) is 36.7 Å². The first-order chi connectivity index (χ1) is 11.1. The molecule has 122 valence electrons. The van der Waals surface area contributed by atoms with Crippen molar-refractivity contribution in [3.8, 4) is 11.5 Å². The number of benzene rings is 1. The maximum Gasteiger partial charge on any atom is 0.243 e. The van der Waals surface area contributed by atoms with Crippen molar-refractivity contribution in [2.75, 3.05) is 19.9 Å². The molecule has 1 unspecified atom stereocenters. The zero-order valence-corrected chi connectivity index (χ0v) is 14.0. The highest BCUT2D eigenvalue weighted by atomic mass is 32.2. The van der Waals surface area contributed by atoms with Gasteiger partial charge >= 0.3 is 0 Å². The summed E-state index contributed by atoms with van der Waals surface area (Å²) in [6.45, 7) is 1.15. The molecule has 6 nitrogen and oxygen atoms in total. The standard InChI is InChI=1S/C15H16N2O4S2/c18-23(19,12-3-4-13-14(8-12)21-10-20-13)17-6-1-2-11(9-17)15-16-5-7-22-15/h3-5,7-8,11H,1-2,6,9-10H2. The maximum atomic E-state index is 12.9. The van der Waals surface area contributed by atoms with Crippen LogP contribution in [0.4, 0.5) is 0 Å². The molecule has 1 saturated heterocycles. The maximum absolute atomic E-state index is 12.9. The van der Waals surface area contributed by atoms with Crippen LogP contribution in [0.2, 0.25) is 0 Å². The molecule has 1 atom stereocenters. The third kappa shape index (κ3) is 2.71. The topological polar surface area (TPSA) is 68.7 Å². The van der Waals surface area contributed by atoms with Crippen molar-refractivity contribution in [3.05, 3.63) is 34.8 Å². The number of rotatable bonds is 3. The van der Waals surface area contributed by atoms with E-state index in [1.54, 1.807) is 40.0 Å². The van der Waals surface area contributed by atoms with Gasteiger partial charge in [-0.25, -0.2) is 13.4 Å². The van der Waals surface area contributed by atoms with Gasteiger partial charge in [-0.3, -0.25) is 0 Å². The Balaban J connectivity index is 1.60. The van der Waals surface area contributed by atoms with Crippen LogP contribution in [0, 0.1) is 0 Å². The van der Waals surface area contributed by atoms with E-state index < -0.39 is 10.0 Å². The highest BCUT2D eigenvalue weighted by Crippen LogP contribution is 2.36. The molecule has 0 aliphatic carbocycles. The molecule has 0 saturated carbocycles. The second-order valence-corrected chi connectivity index (χ2v) is 8.45. The van der Waals surface area contributed by atoms with Gasteiger partial charge in [-0.2, -0.15) is 4.31 Å². The van der Waals surface area contributed by atoms with Gasteiger partial charge in [-0.05, 0) is 25.0 Å². The fraction of sp³-hybridized carbons (Fsp3) is 0.400. The SMILES string of the molecule is O=S(=O)(c1ccc2c(c1)OCO2)N1CCCC(c2nccs2)C1. The molecule has 0 bridgehead atoms. The van der Waals surface area contributed by atoms with E-state index in [2.05, 4.69) is 4.98 Å². The Bertz CT molecular complexity index is 805. The van der Waals surface area contributed by atoms with E-state index in [1.807, 2.05) is 5.38 Å². The van der Waals surface area contributed by atoms with E-state index in [0.29, 0.717) is 24.6 Å². The molecule has 0 spiro atoms. The molecular weight excluding hydrogens is 336 g/mol.